The first-order chi connectivity index (χ1) is 14.4. The van der Waals surface area contributed by atoms with Gasteiger partial charge in [-0.25, -0.2) is 9.18 Å². The predicted octanol–water partition coefficient (Wildman–Crippen LogP) is 3.58. The van der Waals surface area contributed by atoms with Crippen molar-refractivity contribution in [1.29, 1.82) is 0 Å². The van der Waals surface area contributed by atoms with Gasteiger partial charge in [-0.05, 0) is 54.1 Å². The standard InChI is InChI=1S/C23H21FN2O4/c1-15-22(28)25(23(29)26(15)19-9-7-18(24)8-10-19)13-20(27)14-30-21-11-6-16-4-2-3-5-17(16)12-21/h2-12,15,20,27H,13-14H2,1H3. The Kier molecular flexibility index (Phi) is 5.37. The van der Waals surface area contributed by atoms with E-state index in [0.29, 0.717) is 11.4 Å². The molecule has 0 bridgehead atoms. The third-order valence-corrected chi connectivity index (χ3v) is 5.11. The molecule has 2 unspecified atom stereocenters. The number of ether oxygens (including phenoxy) is 1. The zero-order valence-corrected chi connectivity index (χ0v) is 16.4. The van der Waals surface area contributed by atoms with Crippen molar-refractivity contribution in [1.82, 2.24) is 4.90 Å². The molecule has 3 aromatic rings. The Labute approximate surface area is 173 Å². The molecule has 30 heavy (non-hydrogen) atoms. The molecular formula is C23H21FN2O4. The van der Waals surface area contributed by atoms with Crippen molar-refractivity contribution in [3.63, 3.8) is 0 Å². The quantitative estimate of drug-likeness (QED) is 0.633. The fourth-order valence-electron chi connectivity index (χ4n) is 3.54. The van der Waals surface area contributed by atoms with Crippen LogP contribution >= 0.6 is 0 Å². The molecule has 6 nitrogen and oxygen atoms in total. The largest absolute Gasteiger partial charge is 0.491 e. The van der Waals surface area contributed by atoms with E-state index in [4.69, 9.17) is 4.74 Å². The molecular weight excluding hydrogens is 387 g/mol. The number of fused-ring (bicyclic) bond motifs is 1. The van der Waals surface area contributed by atoms with Crippen molar-refractivity contribution < 1.29 is 23.8 Å². The Morgan fingerprint density at radius 3 is 2.47 bits per heavy atom. The lowest BCUT2D eigenvalue weighted by molar-refractivity contribution is -0.128. The Hall–Kier alpha value is -3.45. The van der Waals surface area contributed by atoms with Crippen LogP contribution in [0, 0.1) is 5.82 Å². The molecule has 1 fully saturated rings. The number of anilines is 1. The van der Waals surface area contributed by atoms with Crippen molar-refractivity contribution in [2.24, 2.45) is 0 Å². The average molecular weight is 408 g/mol. The van der Waals surface area contributed by atoms with Gasteiger partial charge in [0.05, 0.1) is 6.54 Å². The first-order valence-corrected chi connectivity index (χ1v) is 9.64. The fraction of sp³-hybridized carbons (Fsp3) is 0.217. The number of carbonyl (C=O) groups is 2. The van der Waals surface area contributed by atoms with E-state index in [9.17, 15) is 19.1 Å². The molecule has 1 saturated heterocycles. The monoisotopic (exact) mass is 408 g/mol. The van der Waals surface area contributed by atoms with E-state index in [1.54, 1.807) is 13.0 Å². The smallest absolute Gasteiger partial charge is 0.332 e. The molecule has 7 heteroatoms. The molecule has 154 valence electrons. The zero-order valence-electron chi connectivity index (χ0n) is 16.4. The van der Waals surface area contributed by atoms with Gasteiger partial charge in [0.2, 0.25) is 0 Å². The summed E-state index contributed by atoms with van der Waals surface area (Å²) >= 11 is 0. The van der Waals surface area contributed by atoms with E-state index >= 15 is 0 Å². The van der Waals surface area contributed by atoms with Gasteiger partial charge in [0.1, 0.15) is 30.3 Å². The second-order valence-corrected chi connectivity index (χ2v) is 7.23. The normalized spacial score (nSPS) is 17.6. The molecule has 1 aliphatic rings. The SMILES string of the molecule is CC1C(=O)N(CC(O)COc2ccc3ccccc3c2)C(=O)N1c1ccc(F)cc1. The first kappa shape index (κ1) is 19.8. The van der Waals surface area contributed by atoms with Crippen LogP contribution in [0.3, 0.4) is 0 Å². The van der Waals surface area contributed by atoms with E-state index in [2.05, 4.69) is 0 Å². The summed E-state index contributed by atoms with van der Waals surface area (Å²) in [6, 6.07) is 17.5. The van der Waals surface area contributed by atoms with Gasteiger partial charge < -0.3 is 9.84 Å². The molecule has 2 atom stereocenters. The van der Waals surface area contributed by atoms with Gasteiger partial charge in [0, 0.05) is 5.69 Å². The van der Waals surface area contributed by atoms with E-state index in [1.165, 1.54) is 29.2 Å². The third kappa shape index (κ3) is 3.84. The topological polar surface area (TPSA) is 70.1 Å². The summed E-state index contributed by atoms with van der Waals surface area (Å²) < 4.78 is 18.8. The van der Waals surface area contributed by atoms with Crippen molar-refractivity contribution in [2.45, 2.75) is 19.1 Å². The first-order valence-electron chi connectivity index (χ1n) is 9.64. The number of imide groups is 1. The maximum atomic E-state index is 13.2. The molecule has 1 aliphatic heterocycles. The number of carbonyl (C=O) groups excluding carboxylic acids is 2. The predicted molar refractivity (Wildman–Crippen MR) is 111 cm³/mol. The molecule has 0 spiro atoms. The van der Waals surface area contributed by atoms with Crippen LogP contribution in [0.1, 0.15) is 6.92 Å². The lowest BCUT2D eigenvalue weighted by Gasteiger charge is -2.20. The molecule has 4 rings (SSSR count). The van der Waals surface area contributed by atoms with Gasteiger partial charge >= 0.3 is 6.03 Å². The average Bonchev–Trinajstić information content (AvgIpc) is 2.96. The van der Waals surface area contributed by atoms with Gasteiger partial charge in [-0.3, -0.25) is 14.6 Å². The number of urea groups is 1. The van der Waals surface area contributed by atoms with E-state index in [0.717, 1.165) is 15.7 Å². The third-order valence-electron chi connectivity index (χ3n) is 5.11. The fourth-order valence-corrected chi connectivity index (χ4v) is 3.54. The van der Waals surface area contributed by atoms with Gasteiger partial charge in [0.15, 0.2) is 0 Å². The zero-order chi connectivity index (χ0) is 21.3. The molecule has 1 heterocycles. The molecule has 0 radical (unpaired) electrons. The number of amides is 3. The maximum absolute atomic E-state index is 13.2. The van der Waals surface area contributed by atoms with Gasteiger partial charge in [0.25, 0.3) is 5.91 Å². The van der Waals surface area contributed by atoms with Crippen LogP contribution in [0.5, 0.6) is 5.75 Å². The summed E-state index contributed by atoms with van der Waals surface area (Å²) in [5.74, 6) is -0.260. The number of rotatable bonds is 6. The number of halogens is 1. The summed E-state index contributed by atoms with van der Waals surface area (Å²) in [6.45, 7) is 1.34. The van der Waals surface area contributed by atoms with Crippen molar-refractivity contribution in [2.75, 3.05) is 18.1 Å². The summed E-state index contributed by atoms with van der Waals surface area (Å²) in [6.07, 6.45) is -1.05. The molecule has 1 N–H and O–H groups in total. The van der Waals surface area contributed by atoms with E-state index in [-0.39, 0.29) is 13.2 Å². The van der Waals surface area contributed by atoms with E-state index in [1.807, 2.05) is 36.4 Å². The molecule has 0 saturated carbocycles. The maximum Gasteiger partial charge on any atom is 0.332 e. The number of aliphatic hydroxyl groups excluding tert-OH is 1. The van der Waals surface area contributed by atoms with Crippen LogP contribution in [0.2, 0.25) is 0 Å². The Balaban J connectivity index is 1.40. The second-order valence-electron chi connectivity index (χ2n) is 7.23. The van der Waals surface area contributed by atoms with Crippen LogP contribution in [-0.2, 0) is 4.79 Å². The minimum Gasteiger partial charge on any atom is -0.491 e. The van der Waals surface area contributed by atoms with Crippen molar-refractivity contribution in [3.05, 3.63) is 72.5 Å². The van der Waals surface area contributed by atoms with Crippen LogP contribution < -0.4 is 9.64 Å². The molecule has 3 aromatic carbocycles. The van der Waals surface area contributed by atoms with Crippen LogP contribution in [-0.4, -0.2) is 47.2 Å². The highest BCUT2D eigenvalue weighted by molar-refractivity contribution is 6.14. The summed E-state index contributed by atoms with van der Waals surface area (Å²) in [4.78, 5) is 27.6. The lowest BCUT2D eigenvalue weighted by atomic mass is 10.1. The highest BCUT2D eigenvalue weighted by atomic mass is 19.1. The van der Waals surface area contributed by atoms with Crippen LogP contribution in [0.15, 0.2) is 66.7 Å². The van der Waals surface area contributed by atoms with Crippen LogP contribution in [0.25, 0.3) is 10.8 Å². The molecule has 3 amide bonds. The summed E-state index contributed by atoms with van der Waals surface area (Å²) in [7, 11) is 0. The number of aliphatic hydroxyl groups is 1. The number of hydrogen-bond acceptors (Lipinski definition) is 4. The van der Waals surface area contributed by atoms with E-state index < -0.39 is 29.9 Å². The van der Waals surface area contributed by atoms with Crippen molar-refractivity contribution in [3.8, 4) is 5.75 Å². The molecule has 0 aliphatic carbocycles. The number of β-amino-alcohol motifs (C(OH)–C–C–N with tert-alkyl or cyclic N) is 1. The Bertz CT molecular complexity index is 1090. The lowest BCUT2D eigenvalue weighted by Crippen LogP contribution is -2.40. The Morgan fingerprint density at radius 1 is 1.03 bits per heavy atom. The highest BCUT2D eigenvalue weighted by Gasteiger charge is 2.43. The van der Waals surface area contributed by atoms with Crippen molar-refractivity contribution >= 4 is 28.4 Å². The Morgan fingerprint density at radius 2 is 1.73 bits per heavy atom. The van der Waals surface area contributed by atoms with Gasteiger partial charge in [-0.15, -0.1) is 0 Å². The minimum absolute atomic E-state index is 0.0691. The summed E-state index contributed by atoms with van der Waals surface area (Å²) in [5.41, 5.74) is 0.423. The van der Waals surface area contributed by atoms with Gasteiger partial charge in [-0.2, -0.15) is 0 Å². The van der Waals surface area contributed by atoms with Gasteiger partial charge in [-0.1, -0.05) is 30.3 Å². The number of hydrogen-bond donors (Lipinski definition) is 1. The minimum atomic E-state index is -1.05. The van der Waals surface area contributed by atoms with Crippen LogP contribution in [0.4, 0.5) is 14.9 Å². The number of nitrogens with zero attached hydrogens (tertiary/aromatic N) is 2. The number of benzene rings is 3. The highest BCUT2D eigenvalue weighted by Crippen LogP contribution is 2.26. The molecule has 0 aromatic heterocycles. The summed E-state index contributed by atoms with van der Waals surface area (Å²) in [5, 5.41) is 12.4. The second kappa shape index (κ2) is 8.12.